The lowest BCUT2D eigenvalue weighted by atomic mass is 10.1. The van der Waals surface area contributed by atoms with E-state index in [-0.39, 0.29) is 5.78 Å². The molecule has 0 atom stereocenters. The molecule has 0 saturated heterocycles. The smallest absolute Gasteiger partial charge is 0.200 e. The molecule has 2 aromatic carbocycles. The highest BCUT2D eigenvalue weighted by Crippen LogP contribution is 2.40. The van der Waals surface area contributed by atoms with Crippen molar-refractivity contribution in [3.05, 3.63) is 77.2 Å². The van der Waals surface area contributed by atoms with E-state index in [4.69, 9.17) is 4.74 Å². The number of hydrogen-bond acceptors (Lipinski definition) is 3. The van der Waals surface area contributed by atoms with Gasteiger partial charge in [0.2, 0.25) is 5.78 Å². The van der Waals surface area contributed by atoms with Gasteiger partial charge in [0.15, 0.2) is 0 Å². The highest BCUT2D eigenvalue weighted by atomic mass is 32.2. The molecule has 0 spiro atoms. The second-order valence-corrected chi connectivity index (χ2v) is 5.69. The first-order chi connectivity index (χ1) is 10.3. The van der Waals surface area contributed by atoms with Gasteiger partial charge >= 0.3 is 0 Å². The average molecular weight is 294 g/mol. The number of hydrogen-bond donors (Lipinski definition) is 0. The summed E-state index contributed by atoms with van der Waals surface area (Å²) >= 11 is 1.52. The van der Waals surface area contributed by atoms with Gasteiger partial charge in [0.1, 0.15) is 12.4 Å². The molecule has 0 unspecified atom stereocenters. The molecular weight excluding hydrogens is 280 g/mol. The highest BCUT2D eigenvalue weighted by Gasteiger charge is 2.24. The van der Waals surface area contributed by atoms with Crippen LogP contribution in [0.2, 0.25) is 0 Å². The quantitative estimate of drug-likeness (QED) is 0.610. The summed E-state index contributed by atoms with van der Waals surface area (Å²) < 4.78 is 5.51. The van der Waals surface area contributed by atoms with Crippen molar-refractivity contribution in [3.63, 3.8) is 0 Å². The lowest BCUT2D eigenvalue weighted by Crippen LogP contribution is -1.94. The molecule has 1 aliphatic heterocycles. The maximum Gasteiger partial charge on any atom is 0.200 e. The molecule has 1 aliphatic rings. The number of ketones is 1. The van der Waals surface area contributed by atoms with Gasteiger partial charge in [-0.1, -0.05) is 48.7 Å². The number of fused-ring (bicyclic) bond motifs is 1. The fourth-order valence-corrected chi connectivity index (χ4v) is 3.19. The Morgan fingerprint density at radius 1 is 1.14 bits per heavy atom. The van der Waals surface area contributed by atoms with Crippen LogP contribution in [-0.2, 0) is 0 Å². The second-order valence-electron chi connectivity index (χ2n) is 4.61. The summed E-state index contributed by atoms with van der Waals surface area (Å²) in [6.45, 7) is 4.10. The van der Waals surface area contributed by atoms with E-state index < -0.39 is 0 Å². The standard InChI is InChI=1S/C18H14O2S/c1-2-10-20-14-7-5-6-13(11-14)12-17-18(19)15-8-3-4-9-16(15)21-17/h2-9,11-12H,1,10H2/b17-12+. The maximum atomic E-state index is 12.3. The van der Waals surface area contributed by atoms with Crippen LogP contribution in [0.25, 0.3) is 6.08 Å². The lowest BCUT2D eigenvalue weighted by Gasteiger charge is -2.04. The third-order valence-electron chi connectivity index (χ3n) is 3.10. The zero-order valence-electron chi connectivity index (χ0n) is 11.4. The van der Waals surface area contributed by atoms with E-state index >= 15 is 0 Å². The van der Waals surface area contributed by atoms with Crippen LogP contribution in [0.1, 0.15) is 15.9 Å². The van der Waals surface area contributed by atoms with E-state index in [2.05, 4.69) is 6.58 Å². The molecule has 2 aromatic rings. The van der Waals surface area contributed by atoms with Crippen molar-refractivity contribution in [3.8, 4) is 5.75 Å². The molecule has 0 aliphatic carbocycles. The predicted octanol–water partition coefficient (Wildman–Crippen LogP) is 4.58. The van der Waals surface area contributed by atoms with Crippen LogP contribution in [0.3, 0.4) is 0 Å². The van der Waals surface area contributed by atoms with Crippen molar-refractivity contribution in [1.29, 1.82) is 0 Å². The fraction of sp³-hybridized carbons (Fsp3) is 0.0556. The largest absolute Gasteiger partial charge is 0.490 e. The number of thioether (sulfide) groups is 1. The second kappa shape index (κ2) is 6.02. The van der Waals surface area contributed by atoms with Gasteiger partial charge in [-0.3, -0.25) is 4.79 Å². The molecule has 0 bridgehead atoms. The molecule has 0 fully saturated rings. The molecule has 0 radical (unpaired) electrons. The molecular formula is C18H14O2S. The number of benzene rings is 2. The highest BCUT2D eigenvalue weighted by molar-refractivity contribution is 8.04. The van der Waals surface area contributed by atoms with Crippen molar-refractivity contribution in [2.45, 2.75) is 4.90 Å². The van der Waals surface area contributed by atoms with E-state index in [1.807, 2.05) is 54.6 Å². The number of carbonyl (C=O) groups excluding carboxylic acids is 1. The normalized spacial score (nSPS) is 15.0. The van der Waals surface area contributed by atoms with Crippen molar-refractivity contribution in [1.82, 2.24) is 0 Å². The molecule has 0 aromatic heterocycles. The van der Waals surface area contributed by atoms with E-state index in [1.165, 1.54) is 11.8 Å². The van der Waals surface area contributed by atoms with Crippen LogP contribution in [0, 0.1) is 0 Å². The Labute approximate surface area is 128 Å². The van der Waals surface area contributed by atoms with E-state index in [0.717, 1.165) is 26.7 Å². The monoisotopic (exact) mass is 294 g/mol. The third kappa shape index (κ3) is 2.93. The van der Waals surface area contributed by atoms with Gasteiger partial charge in [0.25, 0.3) is 0 Å². The zero-order valence-corrected chi connectivity index (χ0v) is 12.2. The maximum absolute atomic E-state index is 12.3. The summed E-state index contributed by atoms with van der Waals surface area (Å²) in [6, 6.07) is 15.4. The summed E-state index contributed by atoms with van der Waals surface area (Å²) in [5, 5.41) is 0. The van der Waals surface area contributed by atoms with E-state index in [1.54, 1.807) is 6.08 Å². The molecule has 1 heterocycles. The molecule has 3 rings (SSSR count). The first-order valence-corrected chi connectivity index (χ1v) is 7.46. The van der Waals surface area contributed by atoms with Crippen LogP contribution in [0.15, 0.2) is 71.0 Å². The Morgan fingerprint density at radius 3 is 2.81 bits per heavy atom. The van der Waals surface area contributed by atoms with Gasteiger partial charge < -0.3 is 4.74 Å². The number of ether oxygens (including phenoxy) is 1. The predicted molar refractivity (Wildman–Crippen MR) is 86.7 cm³/mol. The number of rotatable bonds is 4. The average Bonchev–Trinajstić information content (AvgIpc) is 2.82. The van der Waals surface area contributed by atoms with Gasteiger partial charge in [0, 0.05) is 10.5 Å². The van der Waals surface area contributed by atoms with Crippen molar-refractivity contribution < 1.29 is 9.53 Å². The number of Topliss-reactive ketones (excluding diaryl/α,β-unsaturated/α-hetero) is 1. The van der Waals surface area contributed by atoms with Crippen LogP contribution in [0.5, 0.6) is 5.75 Å². The number of allylic oxidation sites excluding steroid dienone is 1. The van der Waals surface area contributed by atoms with Crippen LogP contribution < -0.4 is 4.74 Å². The van der Waals surface area contributed by atoms with Gasteiger partial charge in [-0.25, -0.2) is 0 Å². The molecule has 0 N–H and O–H groups in total. The Balaban J connectivity index is 1.87. The van der Waals surface area contributed by atoms with Crippen molar-refractivity contribution >= 4 is 23.6 Å². The Kier molecular flexibility index (Phi) is 3.93. The van der Waals surface area contributed by atoms with Crippen molar-refractivity contribution in [2.75, 3.05) is 6.61 Å². The summed E-state index contributed by atoms with van der Waals surface area (Å²) in [6.07, 6.45) is 3.62. The van der Waals surface area contributed by atoms with E-state index in [0.29, 0.717) is 6.61 Å². The topological polar surface area (TPSA) is 26.3 Å². The lowest BCUT2D eigenvalue weighted by molar-refractivity contribution is 0.104. The summed E-state index contributed by atoms with van der Waals surface area (Å²) in [5.74, 6) is 0.866. The molecule has 2 nitrogen and oxygen atoms in total. The van der Waals surface area contributed by atoms with Crippen LogP contribution in [0.4, 0.5) is 0 Å². The minimum atomic E-state index is 0.0908. The molecule has 21 heavy (non-hydrogen) atoms. The first-order valence-electron chi connectivity index (χ1n) is 6.65. The number of carbonyl (C=O) groups is 1. The van der Waals surface area contributed by atoms with Crippen LogP contribution in [-0.4, -0.2) is 12.4 Å². The summed E-state index contributed by atoms with van der Waals surface area (Å²) in [7, 11) is 0. The minimum absolute atomic E-state index is 0.0908. The van der Waals surface area contributed by atoms with Crippen LogP contribution >= 0.6 is 11.8 Å². The summed E-state index contributed by atoms with van der Waals surface area (Å²) in [5.41, 5.74) is 1.74. The third-order valence-corrected chi connectivity index (χ3v) is 4.20. The SMILES string of the molecule is C=CCOc1cccc(/C=C2/Sc3ccccc3C2=O)c1. The van der Waals surface area contributed by atoms with Gasteiger partial charge in [-0.15, -0.1) is 0 Å². The molecule has 3 heteroatoms. The Morgan fingerprint density at radius 2 is 2.00 bits per heavy atom. The molecule has 0 saturated carbocycles. The van der Waals surface area contributed by atoms with E-state index in [9.17, 15) is 4.79 Å². The zero-order chi connectivity index (χ0) is 14.7. The fourth-order valence-electron chi connectivity index (χ4n) is 2.14. The van der Waals surface area contributed by atoms with Crippen molar-refractivity contribution in [2.24, 2.45) is 0 Å². The molecule has 104 valence electrons. The Hall–Kier alpha value is -2.26. The van der Waals surface area contributed by atoms with Gasteiger partial charge in [-0.05, 0) is 35.9 Å². The van der Waals surface area contributed by atoms with Gasteiger partial charge in [-0.2, -0.15) is 0 Å². The Bertz CT molecular complexity index is 732. The first kappa shape index (κ1) is 13.7. The summed E-state index contributed by atoms with van der Waals surface area (Å²) in [4.78, 5) is 14.1. The minimum Gasteiger partial charge on any atom is -0.490 e. The molecule has 0 amide bonds. The van der Waals surface area contributed by atoms with Gasteiger partial charge in [0.05, 0.1) is 4.91 Å².